The SMILES string of the molecule is CCOC(=O)CN1C(=O)NC(=Cc2ccc(OCn3nnc4cc(Cl)ccc43)c(OC)c2)C1=O. The van der Waals surface area contributed by atoms with E-state index in [0.29, 0.717) is 27.6 Å². The van der Waals surface area contributed by atoms with Crippen LogP contribution in [0.3, 0.4) is 0 Å². The first kappa shape index (κ1) is 23.1. The van der Waals surface area contributed by atoms with Crippen molar-refractivity contribution in [3.05, 3.63) is 52.7 Å². The number of carbonyl (C=O) groups is 3. The molecular weight excluding hydrogens is 466 g/mol. The maximum absolute atomic E-state index is 12.5. The monoisotopic (exact) mass is 485 g/mol. The predicted molar refractivity (Wildman–Crippen MR) is 121 cm³/mol. The Morgan fingerprint density at radius 2 is 2.00 bits per heavy atom. The number of nitrogens with one attached hydrogen (secondary N) is 1. The molecule has 0 unspecified atom stereocenters. The summed E-state index contributed by atoms with van der Waals surface area (Å²) in [7, 11) is 1.48. The molecule has 176 valence electrons. The molecule has 0 aliphatic carbocycles. The number of methoxy groups -OCH3 is 1. The van der Waals surface area contributed by atoms with E-state index in [1.54, 1.807) is 48.0 Å². The lowest BCUT2D eigenvalue weighted by Crippen LogP contribution is -2.36. The Hall–Kier alpha value is -4.12. The van der Waals surface area contributed by atoms with Crippen LogP contribution in [-0.2, 0) is 21.1 Å². The van der Waals surface area contributed by atoms with Gasteiger partial charge >= 0.3 is 12.0 Å². The van der Waals surface area contributed by atoms with E-state index in [-0.39, 0.29) is 19.0 Å². The molecule has 4 rings (SSSR count). The van der Waals surface area contributed by atoms with Crippen molar-refractivity contribution < 1.29 is 28.6 Å². The van der Waals surface area contributed by atoms with E-state index >= 15 is 0 Å². The van der Waals surface area contributed by atoms with Gasteiger partial charge in [0.05, 0.1) is 19.2 Å². The van der Waals surface area contributed by atoms with Crippen LogP contribution in [0.2, 0.25) is 5.02 Å². The topological polar surface area (TPSA) is 125 Å². The van der Waals surface area contributed by atoms with Gasteiger partial charge in [0, 0.05) is 5.02 Å². The Bertz CT molecular complexity index is 1300. The quantitative estimate of drug-likeness (QED) is 0.293. The Balaban J connectivity index is 1.48. The number of esters is 1. The lowest BCUT2D eigenvalue weighted by molar-refractivity contribution is -0.145. The van der Waals surface area contributed by atoms with E-state index in [1.165, 1.54) is 13.2 Å². The Morgan fingerprint density at radius 1 is 1.18 bits per heavy atom. The predicted octanol–water partition coefficient (Wildman–Crippen LogP) is 2.59. The summed E-state index contributed by atoms with van der Waals surface area (Å²) in [5, 5.41) is 11.1. The van der Waals surface area contributed by atoms with Gasteiger partial charge in [0.2, 0.25) is 0 Å². The molecule has 11 nitrogen and oxygen atoms in total. The summed E-state index contributed by atoms with van der Waals surface area (Å²) in [6, 6.07) is 9.55. The number of hydrogen-bond donors (Lipinski definition) is 1. The van der Waals surface area contributed by atoms with Crippen molar-refractivity contribution in [2.75, 3.05) is 20.3 Å². The molecule has 1 aliphatic rings. The van der Waals surface area contributed by atoms with E-state index in [9.17, 15) is 14.4 Å². The first-order valence-electron chi connectivity index (χ1n) is 10.2. The van der Waals surface area contributed by atoms with Crippen LogP contribution in [-0.4, -0.2) is 58.1 Å². The molecule has 1 fully saturated rings. The van der Waals surface area contributed by atoms with Crippen molar-refractivity contribution in [2.24, 2.45) is 0 Å². The molecule has 3 amide bonds. The number of fused-ring (bicyclic) bond motifs is 1. The van der Waals surface area contributed by atoms with E-state index in [1.807, 2.05) is 0 Å². The van der Waals surface area contributed by atoms with Gasteiger partial charge in [0.15, 0.2) is 18.2 Å². The van der Waals surface area contributed by atoms with Gasteiger partial charge in [-0.25, -0.2) is 14.4 Å². The van der Waals surface area contributed by atoms with E-state index in [2.05, 4.69) is 15.6 Å². The van der Waals surface area contributed by atoms with Crippen molar-refractivity contribution in [1.82, 2.24) is 25.2 Å². The molecule has 0 atom stereocenters. The van der Waals surface area contributed by atoms with Gasteiger partial charge in [0.1, 0.15) is 17.8 Å². The summed E-state index contributed by atoms with van der Waals surface area (Å²) in [6.07, 6.45) is 1.48. The molecule has 0 radical (unpaired) electrons. The smallest absolute Gasteiger partial charge is 0.329 e. The van der Waals surface area contributed by atoms with Gasteiger partial charge in [-0.2, -0.15) is 0 Å². The first-order valence-corrected chi connectivity index (χ1v) is 10.6. The lowest BCUT2D eigenvalue weighted by Gasteiger charge is -2.12. The summed E-state index contributed by atoms with van der Waals surface area (Å²) in [5.41, 5.74) is 2.00. The second-order valence-corrected chi connectivity index (χ2v) is 7.53. The summed E-state index contributed by atoms with van der Waals surface area (Å²) in [4.78, 5) is 37.1. The molecule has 2 heterocycles. The summed E-state index contributed by atoms with van der Waals surface area (Å²) >= 11 is 5.98. The minimum absolute atomic E-state index is 0.0257. The van der Waals surface area contributed by atoms with E-state index < -0.39 is 24.5 Å². The number of carbonyl (C=O) groups excluding carboxylic acids is 3. The number of hydrogen-bond acceptors (Lipinski definition) is 8. The fourth-order valence-corrected chi connectivity index (χ4v) is 3.45. The van der Waals surface area contributed by atoms with Gasteiger partial charge in [-0.05, 0) is 48.9 Å². The van der Waals surface area contributed by atoms with Crippen molar-refractivity contribution in [2.45, 2.75) is 13.7 Å². The van der Waals surface area contributed by atoms with E-state index in [4.69, 9.17) is 25.8 Å². The van der Waals surface area contributed by atoms with Gasteiger partial charge in [-0.15, -0.1) is 5.10 Å². The number of halogens is 1. The first-order chi connectivity index (χ1) is 16.4. The number of benzene rings is 2. The molecule has 2 aromatic carbocycles. The highest BCUT2D eigenvalue weighted by Crippen LogP contribution is 2.30. The van der Waals surface area contributed by atoms with Crippen LogP contribution in [0.5, 0.6) is 11.5 Å². The van der Waals surface area contributed by atoms with Crippen molar-refractivity contribution in [3.63, 3.8) is 0 Å². The van der Waals surface area contributed by atoms with Crippen molar-refractivity contribution in [1.29, 1.82) is 0 Å². The largest absolute Gasteiger partial charge is 0.493 e. The third-order valence-corrected chi connectivity index (χ3v) is 5.11. The molecule has 34 heavy (non-hydrogen) atoms. The number of urea groups is 1. The zero-order valence-electron chi connectivity index (χ0n) is 18.3. The lowest BCUT2D eigenvalue weighted by atomic mass is 10.1. The normalized spacial score (nSPS) is 14.6. The number of ether oxygens (including phenoxy) is 3. The average molecular weight is 486 g/mol. The van der Waals surface area contributed by atoms with Crippen LogP contribution in [0.4, 0.5) is 4.79 Å². The average Bonchev–Trinajstić information content (AvgIpc) is 3.33. The van der Waals surface area contributed by atoms with Crippen LogP contribution in [0.1, 0.15) is 12.5 Å². The Kier molecular flexibility index (Phi) is 6.64. The van der Waals surface area contributed by atoms with Gasteiger partial charge in [-0.3, -0.25) is 9.59 Å². The molecular formula is C22H20ClN5O6. The van der Waals surface area contributed by atoms with Gasteiger partial charge in [-0.1, -0.05) is 22.9 Å². The zero-order chi connectivity index (χ0) is 24.2. The minimum atomic E-state index is -0.697. The highest BCUT2D eigenvalue weighted by Gasteiger charge is 2.35. The maximum atomic E-state index is 12.5. The van der Waals surface area contributed by atoms with Crippen LogP contribution in [0, 0.1) is 0 Å². The summed E-state index contributed by atoms with van der Waals surface area (Å²) < 4.78 is 17.6. The van der Waals surface area contributed by atoms with Crippen LogP contribution < -0.4 is 14.8 Å². The highest BCUT2D eigenvalue weighted by atomic mass is 35.5. The van der Waals surface area contributed by atoms with Crippen molar-refractivity contribution >= 4 is 46.6 Å². The number of imide groups is 1. The minimum Gasteiger partial charge on any atom is -0.493 e. The third kappa shape index (κ3) is 4.79. The second kappa shape index (κ2) is 9.79. The number of aromatic nitrogens is 3. The van der Waals surface area contributed by atoms with Crippen LogP contribution in [0.25, 0.3) is 17.1 Å². The number of rotatable bonds is 8. The van der Waals surface area contributed by atoms with E-state index in [0.717, 1.165) is 10.4 Å². The molecule has 1 N–H and O–H groups in total. The molecule has 0 spiro atoms. The Morgan fingerprint density at radius 3 is 2.76 bits per heavy atom. The summed E-state index contributed by atoms with van der Waals surface area (Å²) in [5.74, 6) is -0.454. The number of nitrogens with zero attached hydrogens (tertiary/aromatic N) is 4. The standard InChI is InChI=1S/C22H20ClN5O6/c1-3-33-20(29)11-27-21(30)16(24-22(27)31)8-13-4-7-18(19(9-13)32-2)34-12-28-17-6-5-14(23)10-15(17)25-26-28/h4-10H,3,11-12H2,1-2H3,(H,24,31). The summed E-state index contributed by atoms with van der Waals surface area (Å²) in [6.45, 7) is 1.41. The molecule has 0 bridgehead atoms. The third-order valence-electron chi connectivity index (χ3n) is 4.87. The zero-order valence-corrected chi connectivity index (χ0v) is 19.0. The molecule has 1 saturated heterocycles. The molecule has 0 saturated carbocycles. The number of amides is 3. The van der Waals surface area contributed by atoms with Crippen LogP contribution in [0.15, 0.2) is 42.1 Å². The molecule has 1 aromatic heterocycles. The highest BCUT2D eigenvalue weighted by molar-refractivity contribution is 6.31. The molecule has 1 aliphatic heterocycles. The Labute approximate surface area is 198 Å². The van der Waals surface area contributed by atoms with Gasteiger partial charge in [0.25, 0.3) is 5.91 Å². The molecule has 12 heteroatoms. The van der Waals surface area contributed by atoms with Crippen molar-refractivity contribution in [3.8, 4) is 11.5 Å². The fourth-order valence-electron chi connectivity index (χ4n) is 3.28. The fraction of sp³-hybridized carbons (Fsp3) is 0.227. The maximum Gasteiger partial charge on any atom is 0.329 e. The van der Waals surface area contributed by atoms with Gasteiger partial charge < -0.3 is 19.5 Å². The van der Waals surface area contributed by atoms with Crippen LogP contribution >= 0.6 is 11.6 Å². The second-order valence-electron chi connectivity index (χ2n) is 7.09. The molecule has 3 aromatic rings.